The Morgan fingerprint density at radius 3 is 2.70 bits per heavy atom. The summed E-state index contributed by atoms with van der Waals surface area (Å²) in [5, 5.41) is 9.49. The number of aromatic nitrogens is 5. The summed E-state index contributed by atoms with van der Waals surface area (Å²) in [5.74, 6) is 1.71. The van der Waals surface area contributed by atoms with Crippen LogP contribution in [-0.4, -0.2) is 24.1 Å². The molecular weight excluding hydrogens is 326 g/mol. The first-order valence-electron chi connectivity index (χ1n) is 7.32. The first-order chi connectivity index (χ1) is 11.2. The lowest BCUT2D eigenvalue weighted by molar-refractivity contribution is 0.731. The van der Waals surface area contributed by atoms with Gasteiger partial charge in [0.15, 0.2) is 15.3 Å². The second-order valence-electron chi connectivity index (χ2n) is 5.00. The molecule has 0 fully saturated rings. The second kappa shape index (κ2) is 7.06. The van der Waals surface area contributed by atoms with Crippen molar-refractivity contribution >= 4 is 23.3 Å². The van der Waals surface area contributed by atoms with Crippen molar-refractivity contribution in [1.29, 1.82) is 0 Å². The Morgan fingerprint density at radius 1 is 1.26 bits per heavy atom. The molecular formula is C16H17N5S2. The summed E-state index contributed by atoms with van der Waals surface area (Å²) in [4.78, 5) is 4.48. The minimum absolute atomic E-state index is 0.651. The molecule has 0 saturated heterocycles. The first kappa shape index (κ1) is 15.9. The van der Waals surface area contributed by atoms with Gasteiger partial charge in [0.05, 0.1) is 0 Å². The van der Waals surface area contributed by atoms with Crippen molar-refractivity contribution in [3.63, 3.8) is 0 Å². The molecule has 0 atom stereocenters. The van der Waals surface area contributed by atoms with Crippen molar-refractivity contribution in [2.24, 2.45) is 0 Å². The van der Waals surface area contributed by atoms with Crippen molar-refractivity contribution in [3.05, 3.63) is 48.3 Å². The van der Waals surface area contributed by atoms with E-state index in [-0.39, 0.29) is 0 Å². The van der Waals surface area contributed by atoms with E-state index >= 15 is 0 Å². The molecule has 1 aromatic carbocycles. The Hall–Kier alpha value is -1.99. The number of aryl methyl sites for hydroxylation is 2. The van der Waals surface area contributed by atoms with Gasteiger partial charge in [0.2, 0.25) is 0 Å². The molecule has 5 nitrogen and oxygen atoms in total. The highest BCUT2D eigenvalue weighted by molar-refractivity contribution is 8.00. The Kier molecular flexibility index (Phi) is 4.88. The third-order valence-corrected chi connectivity index (χ3v) is 5.06. The molecule has 2 heterocycles. The summed E-state index contributed by atoms with van der Waals surface area (Å²) in [7, 11) is 0. The van der Waals surface area contributed by atoms with Crippen LogP contribution in [0.25, 0.3) is 11.4 Å². The molecule has 0 radical (unpaired) electrons. The standard InChI is InChI=1S/C16H17N5S2/c1-4-10-21-14(12-8-6-11(3)7-9-12)18-19-15(21)22-16-17-13(5-2)20-23-16/h4,6-9H,1,5,10H2,2-3H3. The number of nitrogens with zero attached hydrogens (tertiary/aromatic N) is 5. The molecule has 0 saturated carbocycles. The molecule has 118 valence electrons. The summed E-state index contributed by atoms with van der Waals surface area (Å²) in [6.45, 7) is 8.61. The summed E-state index contributed by atoms with van der Waals surface area (Å²) in [6.07, 6.45) is 2.69. The third-order valence-electron chi connectivity index (χ3n) is 3.28. The van der Waals surface area contributed by atoms with Gasteiger partial charge in [0, 0.05) is 18.5 Å². The highest BCUT2D eigenvalue weighted by Crippen LogP contribution is 2.30. The van der Waals surface area contributed by atoms with Gasteiger partial charge < -0.3 is 0 Å². The van der Waals surface area contributed by atoms with E-state index in [1.165, 1.54) is 28.9 Å². The summed E-state index contributed by atoms with van der Waals surface area (Å²) < 4.78 is 7.25. The van der Waals surface area contributed by atoms with Gasteiger partial charge in [-0.1, -0.05) is 42.8 Å². The molecule has 0 amide bonds. The molecule has 3 aromatic rings. The summed E-state index contributed by atoms with van der Waals surface area (Å²) in [5.41, 5.74) is 2.27. The van der Waals surface area contributed by atoms with Crippen molar-refractivity contribution in [2.75, 3.05) is 0 Å². The van der Waals surface area contributed by atoms with Crippen molar-refractivity contribution < 1.29 is 0 Å². The van der Waals surface area contributed by atoms with Crippen LogP contribution in [0.15, 0.2) is 46.4 Å². The number of allylic oxidation sites excluding steroid dienone is 1. The maximum absolute atomic E-state index is 4.48. The van der Waals surface area contributed by atoms with Crippen LogP contribution in [0.2, 0.25) is 0 Å². The van der Waals surface area contributed by atoms with E-state index in [0.29, 0.717) is 6.54 Å². The molecule has 7 heteroatoms. The van der Waals surface area contributed by atoms with Gasteiger partial charge in [0.25, 0.3) is 0 Å². The van der Waals surface area contributed by atoms with Gasteiger partial charge in [-0.3, -0.25) is 4.57 Å². The van der Waals surface area contributed by atoms with Gasteiger partial charge in [-0.05, 0) is 30.2 Å². The number of rotatable bonds is 6. The van der Waals surface area contributed by atoms with Crippen LogP contribution < -0.4 is 0 Å². The average Bonchev–Trinajstić information content (AvgIpc) is 3.17. The molecule has 3 rings (SSSR count). The van der Waals surface area contributed by atoms with Crippen LogP contribution in [0.5, 0.6) is 0 Å². The smallest absolute Gasteiger partial charge is 0.198 e. The lowest BCUT2D eigenvalue weighted by atomic mass is 10.1. The maximum Gasteiger partial charge on any atom is 0.198 e. The Labute approximate surface area is 143 Å². The van der Waals surface area contributed by atoms with Crippen molar-refractivity contribution in [2.45, 2.75) is 36.3 Å². The normalized spacial score (nSPS) is 10.9. The molecule has 0 aliphatic rings. The van der Waals surface area contributed by atoms with E-state index in [1.807, 2.05) is 13.0 Å². The zero-order chi connectivity index (χ0) is 16.2. The van der Waals surface area contributed by atoms with Crippen LogP contribution in [0.4, 0.5) is 0 Å². The minimum atomic E-state index is 0.651. The van der Waals surface area contributed by atoms with E-state index in [9.17, 15) is 0 Å². The van der Waals surface area contributed by atoms with E-state index in [4.69, 9.17) is 0 Å². The van der Waals surface area contributed by atoms with Crippen molar-refractivity contribution in [3.8, 4) is 11.4 Å². The fourth-order valence-electron chi connectivity index (χ4n) is 2.08. The number of benzene rings is 1. The van der Waals surface area contributed by atoms with E-state index in [0.717, 1.165) is 33.1 Å². The predicted octanol–water partition coefficient (Wildman–Crippen LogP) is 4.00. The molecule has 23 heavy (non-hydrogen) atoms. The molecule has 0 N–H and O–H groups in total. The zero-order valence-corrected chi connectivity index (χ0v) is 14.7. The quantitative estimate of drug-likeness (QED) is 0.633. The highest BCUT2D eigenvalue weighted by atomic mass is 32.2. The second-order valence-corrected chi connectivity index (χ2v) is 6.97. The van der Waals surface area contributed by atoms with Crippen LogP contribution in [0, 0.1) is 6.92 Å². The maximum atomic E-state index is 4.48. The lowest BCUT2D eigenvalue weighted by Gasteiger charge is -2.06. The molecule has 2 aromatic heterocycles. The van der Waals surface area contributed by atoms with Crippen LogP contribution in [0.3, 0.4) is 0 Å². The lowest BCUT2D eigenvalue weighted by Crippen LogP contribution is -2.00. The van der Waals surface area contributed by atoms with Gasteiger partial charge in [-0.25, -0.2) is 4.98 Å². The van der Waals surface area contributed by atoms with E-state index in [2.05, 4.69) is 61.9 Å². The van der Waals surface area contributed by atoms with Crippen molar-refractivity contribution in [1.82, 2.24) is 24.1 Å². The SMILES string of the molecule is C=CCn1c(Sc2nc(CC)ns2)nnc1-c1ccc(C)cc1. The summed E-state index contributed by atoms with van der Waals surface area (Å²) >= 11 is 2.89. The van der Waals surface area contributed by atoms with Gasteiger partial charge in [0.1, 0.15) is 5.82 Å². The molecule has 0 spiro atoms. The van der Waals surface area contributed by atoms with Gasteiger partial charge in [-0.15, -0.1) is 16.8 Å². The zero-order valence-electron chi connectivity index (χ0n) is 13.1. The Morgan fingerprint density at radius 2 is 2.04 bits per heavy atom. The highest BCUT2D eigenvalue weighted by Gasteiger charge is 2.16. The fraction of sp³-hybridized carbons (Fsp3) is 0.250. The van der Waals surface area contributed by atoms with Crippen LogP contribution in [0.1, 0.15) is 18.3 Å². The van der Waals surface area contributed by atoms with Crippen LogP contribution in [-0.2, 0) is 13.0 Å². The molecule has 0 unspecified atom stereocenters. The topological polar surface area (TPSA) is 56.5 Å². The number of hydrogen-bond acceptors (Lipinski definition) is 6. The fourth-order valence-corrected chi connectivity index (χ4v) is 3.72. The largest absolute Gasteiger partial charge is 0.298 e. The number of hydrogen-bond donors (Lipinski definition) is 0. The molecule has 0 aliphatic heterocycles. The summed E-state index contributed by atoms with van der Waals surface area (Å²) in [6, 6.07) is 8.28. The molecule has 0 aliphatic carbocycles. The Balaban J connectivity index is 1.94. The van der Waals surface area contributed by atoms with Crippen LogP contribution >= 0.6 is 23.3 Å². The predicted molar refractivity (Wildman–Crippen MR) is 93.8 cm³/mol. The van der Waals surface area contributed by atoms with E-state index in [1.54, 1.807) is 0 Å². The minimum Gasteiger partial charge on any atom is -0.298 e. The van der Waals surface area contributed by atoms with E-state index < -0.39 is 0 Å². The molecule has 0 bridgehead atoms. The van der Waals surface area contributed by atoms with Gasteiger partial charge >= 0.3 is 0 Å². The van der Waals surface area contributed by atoms with Gasteiger partial charge in [-0.2, -0.15) is 4.37 Å². The monoisotopic (exact) mass is 343 g/mol. The third kappa shape index (κ3) is 3.51. The first-order valence-corrected chi connectivity index (χ1v) is 8.91. The Bertz CT molecular complexity index is 804. The average molecular weight is 343 g/mol.